The SMILES string of the molecule is NC(=O)N(O)C[C@@H]1C[C@H]1c1cccc(Oc2ccccc2)c1. The van der Waals surface area contributed by atoms with Gasteiger partial charge in [-0.25, -0.2) is 9.86 Å². The lowest BCUT2D eigenvalue weighted by atomic mass is 10.1. The van der Waals surface area contributed by atoms with Crippen molar-refractivity contribution >= 4 is 6.03 Å². The summed E-state index contributed by atoms with van der Waals surface area (Å²) in [5, 5.41) is 9.96. The molecule has 0 radical (unpaired) electrons. The number of para-hydroxylation sites is 1. The molecule has 0 saturated heterocycles. The van der Waals surface area contributed by atoms with E-state index in [4.69, 9.17) is 10.5 Å². The second kappa shape index (κ2) is 6.07. The number of hydrogen-bond acceptors (Lipinski definition) is 3. The lowest BCUT2D eigenvalue weighted by molar-refractivity contribution is -0.0431. The van der Waals surface area contributed by atoms with Crippen LogP contribution in [0.3, 0.4) is 0 Å². The van der Waals surface area contributed by atoms with Crippen molar-refractivity contribution in [2.75, 3.05) is 6.54 Å². The minimum Gasteiger partial charge on any atom is -0.457 e. The molecule has 22 heavy (non-hydrogen) atoms. The third kappa shape index (κ3) is 3.38. The van der Waals surface area contributed by atoms with Crippen LogP contribution >= 0.6 is 0 Å². The summed E-state index contributed by atoms with van der Waals surface area (Å²) in [6.07, 6.45) is 0.930. The summed E-state index contributed by atoms with van der Waals surface area (Å²) < 4.78 is 5.82. The summed E-state index contributed by atoms with van der Waals surface area (Å²) in [5.74, 6) is 2.14. The highest BCUT2D eigenvalue weighted by Gasteiger charge is 2.40. The monoisotopic (exact) mass is 298 g/mol. The average Bonchev–Trinajstić information content (AvgIpc) is 3.28. The summed E-state index contributed by atoms with van der Waals surface area (Å²) in [5.41, 5.74) is 6.17. The smallest absolute Gasteiger partial charge is 0.338 e. The van der Waals surface area contributed by atoms with E-state index in [1.54, 1.807) is 0 Å². The molecular weight excluding hydrogens is 280 g/mol. The van der Waals surface area contributed by atoms with E-state index in [1.165, 1.54) is 0 Å². The van der Waals surface area contributed by atoms with Gasteiger partial charge in [-0.15, -0.1) is 0 Å². The van der Waals surface area contributed by atoms with Gasteiger partial charge in [0, 0.05) is 0 Å². The van der Waals surface area contributed by atoms with Crippen LogP contribution in [0.15, 0.2) is 54.6 Å². The van der Waals surface area contributed by atoms with E-state index < -0.39 is 6.03 Å². The Balaban J connectivity index is 1.64. The van der Waals surface area contributed by atoms with Crippen molar-refractivity contribution in [3.8, 4) is 11.5 Å². The van der Waals surface area contributed by atoms with Gasteiger partial charge < -0.3 is 10.5 Å². The third-order valence-electron chi connectivity index (χ3n) is 3.85. The molecule has 2 amide bonds. The topological polar surface area (TPSA) is 75.8 Å². The predicted octanol–water partition coefficient (Wildman–Crippen LogP) is 3.35. The Hall–Kier alpha value is -2.53. The first-order chi connectivity index (χ1) is 10.6. The lowest BCUT2D eigenvalue weighted by Crippen LogP contribution is -2.34. The minimum absolute atomic E-state index is 0.240. The van der Waals surface area contributed by atoms with Crippen molar-refractivity contribution in [3.05, 3.63) is 60.2 Å². The van der Waals surface area contributed by atoms with Gasteiger partial charge in [-0.1, -0.05) is 30.3 Å². The zero-order valence-corrected chi connectivity index (χ0v) is 12.1. The molecule has 2 aromatic carbocycles. The Bertz CT molecular complexity index is 660. The molecule has 0 aliphatic heterocycles. The maximum atomic E-state index is 10.8. The van der Waals surface area contributed by atoms with Crippen molar-refractivity contribution in [2.24, 2.45) is 11.7 Å². The number of carbonyl (C=O) groups is 1. The van der Waals surface area contributed by atoms with Crippen LogP contribution < -0.4 is 10.5 Å². The Morgan fingerprint density at radius 1 is 1.18 bits per heavy atom. The number of urea groups is 1. The van der Waals surface area contributed by atoms with E-state index in [9.17, 15) is 10.0 Å². The number of benzene rings is 2. The van der Waals surface area contributed by atoms with Gasteiger partial charge >= 0.3 is 6.03 Å². The second-order valence-electron chi connectivity index (χ2n) is 5.51. The highest BCUT2D eigenvalue weighted by Crippen LogP contribution is 2.48. The van der Waals surface area contributed by atoms with Crippen molar-refractivity contribution < 1.29 is 14.7 Å². The number of hydroxylamine groups is 2. The van der Waals surface area contributed by atoms with Crippen LogP contribution in [-0.2, 0) is 0 Å². The molecule has 0 heterocycles. The molecular formula is C17H18N2O3. The van der Waals surface area contributed by atoms with E-state index >= 15 is 0 Å². The maximum Gasteiger partial charge on any atom is 0.338 e. The van der Waals surface area contributed by atoms with Gasteiger partial charge in [0.05, 0.1) is 6.54 Å². The van der Waals surface area contributed by atoms with Crippen molar-refractivity contribution in [2.45, 2.75) is 12.3 Å². The fourth-order valence-corrected chi connectivity index (χ4v) is 2.60. The van der Waals surface area contributed by atoms with E-state index in [1.807, 2.05) is 54.6 Å². The van der Waals surface area contributed by atoms with Crippen LogP contribution in [0.4, 0.5) is 4.79 Å². The average molecular weight is 298 g/mol. The van der Waals surface area contributed by atoms with Crippen LogP contribution in [0.25, 0.3) is 0 Å². The van der Waals surface area contributed by atoms with E-state index in [0.29, 0.717) is 11.0 Å². The molecule has 0 aromatic heterocycles. The van der Waals surface area contributed by atoms with Gasteiger partial charge in [0.15, 0.2) is 0 Å². The predicted molar refractivity (Wildman–Crippen MR) is 81.9 cm³/mol. The van der Waals surface area contributed by atoms with Crippen LogP contribution in [0.2, 0.25) is 0 Å². The molecule has 1 fully saturated rings. The zero-order valence-electron chi connectivity index (χ0n) is 12.1. The van der Waals surface area contributed by atoms with Gasteiger partial charge in [-0.2, -0.15) is 0 Å². The summed E-state index contributed by atoms with van der Waals surface area (Å²) in [6, 6.07) is 16.7. The second-order valence-corrected chi connectivity index (χ2v) is 5.51. The minimum atomic E-state index is -0.813. The first-order valence-corrected chi connectivity index (χ1v) is 7.22. The summed E-state index contributed by atoms with van der Waals surface area (Å²) in [6.45, 7) is 0.268. The third-order valence-corrected chi connectivity index (χ3v) is 3.85. The van der Waals surface area contributed by atoms with E-state index in [0.717, 1.165) is 23.5 Å². The number of carbonyl (C=O) groups excluding carboxylic acids is 1. The number of nitrogens with two attached hydrogens (primary N) is 1. The number of hydrogen-bond donors (Lipinski definition) is 2. The molecule has 0 unspecified atom stereocenters. The van der Waals surface area contributed by atoms with Crippen molar-refractivity contribution in [1.82, 2.24) is 5.06 Å². The Kier molecular flexibility index (Phi) is 3.98. The van der Waals surface area contributed by atoms with Gasteiger partial charge in [0.1, 0.15) is 11.5 Å². The standard InChI is InChI=1S/C17H18N2O3/c18-17(20)19(21)11-13-10-16(13)12-5-4-8-15(9-12)22-14-6-2-1-3-7-14/h1-9,13,16,21H,10-11H2,(H2,18,20)/t13-,16-/m0/s1. The number of ether oxygens (including phenoxy) is 1. The van der Waals surface area contributed by atoms with Crippen LogP contribution in [0, 0.1) is 5.92 Å². The molecule has 1 aliphatic rings. The molecule has 2 aromatic rings. The Labute approximate surface area is 128 Å². The lowest BCUT2D eigenvalue weighted by Gasteiger charge is -2.11. The zero-order chi connectivity index (χ0) is 15.5. The molecule has 3 rings (SSSR count). The largest absolute Gasteiger partial charge is 0.457 e. The first-order valence-electron chi connectivity index (χ1n) is 7.22. The van der Waals surface area contributed by atoms with Gasteiger partial charge in [0.25, 0.3) is 0 Å². The van der Waals surface area contributed by atoms with Crippen LogP contribution in [0.1, 0.15) is 17.9 Å². The molecule has 2 atom stereocenters. The van der Waals surface area contributed by atoms with Gasteiger partial charge in [-0.3, -0.25) is 5.21 Å². The van der Waals surface area contributed by atoms with E-state index in [-0.39, 0.29) is 12.5 Å². The van der Waals surface area contributed by atoms with Gasteiger partial charge in [0.2, 0.25) is 0 Å². The first kappa shape index (κ1) is 14.4. The number of nitrogens with zero attached hydrogens (tertiary/aromatic N) is 1. The Morgan fingerprint density at radius 2 is 1.91 bits per heavy atom. The van der Waals surface area contributed by atoms with E-state index in [2.05, 4.69) is 0 Å². The Morgan fingerprint density at radius 3 is 2.64 bits per heavy atom. The summed E-state index contributed by atoms with van der Waals surface area (Å²) in [4.78, 5) is 10.8. The van der Waals surface area contributed by atoms with Crippen LogP contribution in [-0.4, -0.2) is 22.8 Å². The van der Waals surface area contributed by atoms with Crippen molar-refractivity contribution in [1.29, 1.82) is 0 Å². The van der Waals surface area contributed by atoms with Crippen LogP contribution in [0.5, 0.6) is 11.5 Å². The summed E-state index contributed by atoms with van der Waals surface area (Å²) in [7, 11) is 0. The quantitative estimate of drug-likeness (QED) is 0.656. The fraction of sp³-hybridized carbons (Fsp3) is 0.235. The highest BCUT2D eigenvalue weighted by molar-refractivity contribution is 5.70. The molecule has 1 aliphatic carbocycles. The molecule has 114 valence electrons. The number of primary amides is 1. The molecule has 0 bridgehead atoms. The fourth-order valence-electron chi connectivity index (χ4n) is 2.60. The molecule has 0 spiro atoms. The molecule has 1 saturated carbocycles. The maximum absolute atomic E-state index is 10.8. The normalized spacial score (nSPS) is 19.5. The van der Waals surface area contributed by atoms with Gasteiger partial charge in [-0.05, 0) is 48.1 Å². The molecule has 3 N–H and O–H groups in total. The summed E-state index contributed by atoms with van der Waals surface area (Å²) >= 11 is 0. The highest BCUT2D eigenvalue weighted by atomic mass is 16.5. The molecule has 5 nitrogen and oxygen atoms in total. The molecule has 5 heteroatoms. The van der Waals surface area contributed by atoms with Crippen molar-refractivity contribution in [3.63, 3.8) is 0 Å². The number of rotatable bonds is 5. The number of amides is 2.